The summed E-state index contributed by atoms with van der Waals surface area (Å²) in [6.45, 7) is 6.20. The first-order chi connectivity index (χ1) is 8.49. The van der Waals surface area contributed by atoms with Crippen molar-refractivity contribution in [3.63, 3.8) is 0 Å². The molecule has 2 aromatic carbocycles. The van der Waals surface area contributed by atoms with Gasteiger partial charge < -0.3 is 5.73 Å². The van der Waals surface area contributed by atoms with Gasteiger partial charge >= 0.3 is 0 Å². The van der Waals surface area contributed by atoms with Gasteiger partial charge in [-0.3, -0.25) is 0 Å². The van der Waals surface area contributed by atoms with Crippen LogP contribution in [-0.4, -0.2) is 0 Å². The van der Waals surface area contributed by atoms with Crippen LogP contribution in [0.15, 0.2) is 36.4 Å². The fourth-order valence-corrected chi connectivity index (χ4v) is 2.51. The van der Waals surface area contributed by atoms with Crippen LogP contribution in [0.1, 0.15) is 33.9 Å². The van der Waals surface area contributed by atoms with Gasteiger partial charge in [0.2, 0.25) is 0 Å². The van der Waals surface area contributed by atoms with Crippen molar-refractivity contribution in [1.29, 1.82) is 0 Å². The molecule has 2 aromatic rings. The quantitative estimate of drug-likeness (QED) is 0.854. The SMILES string of the molecule is Cc1cc(C)cc(C(N)c2cccc(Cl)c2C)c1. The van der Waals surface area contributed by atoms with Crippen LogP contribution in [0.2, 0.25) is 5.02 Å². The third-order valence-electron chi connectivity index (χ3n) is 3.25. The van der Waals surface area contributed by atoms with E-state index < -0.39 is 0 Å². The molecule has 0 bridgehead atoms. The van der Waals surface area contributed by atoms with Crippen LogP contribution in [0.5, 0.6) is 0 Å². The summed E-state index contributed by atoms with van der Waals surface area (Å²) in [6, 6.07) is 12.2. The van der Waals surface area contributed by atoms with Gasteiger partial charge in [0.25, 0.3) is 0 Å². The van der Waals surface area contributed by atoms with Gasteiger partial charge in [0.15, 0.2) is 0 Å². The fraction of sp³-hybridized carbons (Fsp3) is 0.250. The van der Waals surface area contributed by atoms with Crippen molar-refractivity contribution < 1.29 is 0 Å². The van der Waals surface area contributed by atoms with E-state index in [4.69, 9.17) is 17.3 Å². The molecule has 0 fully saturated rings. The van der Waals surface area contributed by atoms with Crippen LogP contribution in [-0.2, 0) is 0 Å². The number of rotatable bonds is 2. The number of hydrogen-bond acceptors (Lipinski definition) is 1. The summed E-state index contributed by atoms with van der Waals surface area (Å²) in [6.07, 6.45) is 0. The summed E-state index contributed by atoms with van der Waals surface area (Å²) < 4.78 is 0. The van der Waals surface area contributed by atoms with Crippen LogP contribution in [0.3, 0.4) is 0 Å². The predicted molar refractivity (Wildman–Crippen MR) is 78.1 cm³/mol. The lowest BCUT2D eigenvalue weighted by atomic mass is 9.93. The first-order valence-corrected chi connectivity index (χ1v) is 6.45. The second-order valence-electron chi connectivity index (χ2n) is 4.85. The summed E-state index contributed by atoms with van der Waals surface area (Å²) in [5.41, 5.74) is 12.1. The Hall–Kier alpha value is -1.31. The van der Waals surface area contributed by atoms with Crippen molar-refractivity contribution in [2.24, 2.45) is 5.73 Å². The average Bonchev–Trinajstić information content (AvgIpc) is 2.30. The molecule has 1 unspecified atom stereocenters. The Kier molecular flexibility index (Phi) is 3.74. The molecular weight excluding hydrogens is 242 g/mol. The van der Waals surface area contributed by atoms with Gasteiger partial charge in [-0.05, 0) is 43.5 Å². The first kappa shape index (κ1) is 13.1. The molecule has 0 radical (unpaired) electrons. The van der Waals surface area contributed by atoms with Crippen LogP contribution in [0.4, 0.5) is 0 Å². The minimum atomic E-state index is -0.123. The number of benzene rings is 2. The molecule has 0 aliphatic heterocycles. The van der Waals surface area contributed by atoms with Crippen molar-refractivity contribution in [1.82, 2.24) is 0 Å². The average molecular weight is 260 g/mol. The summed E-state index contributed by atoms with van der Waals surface area (Å²) in [5.74, 6) is 0. The third-order valence-corrected chi connectivity index (χ3v) is 3.66. The first-order valence-electron chi connectivity index (χ1n) is 6.08. The Morgan fingerprint density at radius 1 is 1.00 bits per heavy atom. The van der Waals surface area contributed by atoms with Gasteiger partial charge in [-0.25, -0.2) is 0 Å². The summed E-state index contributed by atoms with van der Waals surface area (Å²) in [5, 5.41) is 0.771. The molecule has 0 heterocycles. The Morgan fingerprint density at radius 3 is 2.22 bits per heavy atom. The molecule has 2 N–H and O–H groups in total. The highest BCUT2D eigenvalue weighted by molar-refractivity contribution is 6.31. The van der Waals surface area contributed by atoms with E-state index in [1.54, 1.807) is 0 Å². The zero-order chi connectivity index (χ0) is 13.3. The maximum atomic E-state index is 6.37. The Labute approximate surface area is 114 Å². The van der Waals surface area contributed by atoms with Gasteiger partial charge in [0.05, 0.1) is 6.04 Å². The van der Waals surface area contributed by atoms with E-state index in [-0.39, 0.29) is 6.04 Å². The highest BCUT2D eigenvalue weighted by atomic mass is 35.5. The molecule has 18 heavy (non-hydrogen) atoms. The highest BCUT2D eigenvalue weighted by Gasteiger charge is 2.13. The molecular formula is C16H18ClN. The minimum Gasteiger partial charge on any atom is -0.320 e. The zero-order valence-corrected chi connectivity index (χ0v) is 11.8. The lowest BCUT2D eigenvalue weighted by molar-refractivity contribution is 0.858. The van der Waals surface area contributed by atoms with E-state index >= 15 is 0 Å². The lowest BCUT2D eigenvalue weighted by Gasteiger charge is -2.17. The van der Waals surface area contributed by atoms with E-state index in [1.165, 1.54) is 11.1 Å². The molecule has 0 saturated carbocycles. The molecule has 0 amide bonds. The zero-order valence-electron chi connectivity index (χ0n) is 11.0. The number of halogens is 1. The summed E-state index contributed by atoms with van der Waals surface area (Å²) >= 11 is 6.15. The molecule has 0 spiro atoms. The predicted octanol–water partition coefficient (Wildman–Crippen LogP) is 4.31. The second kappa shape index (κ2) is 5.13. The third kappa shape index (κ3) is 2.58. The number of nitrogens with two attached hydrogens (primary N) is 1. The largest absolute Gasteiger partial charge is 0.320 e. The molecule has 2 rings (SSSR count). The number of hydrogen-bond donors (Lipinski definition) is 1. The van der Waals surface area contributed by atoms with Crippen LogP contribution in [0.25, 0.3) is 0 Å². The molecule has 1 atom stereocenters. The second-order valence-corrected chi connectivity index (χ2v) is 5.26. The molecule has 0 aromatic heterocycles. The van der Waals surface area contributed by atoms with Gasteiger partial charge in [0.1, 0.15) is 0 Å². The van der Waals surface area contributed by atoms with Crippen molar-refractivity contribution >= 4 is 11.6 Å². The minimum absolute atomic E-state index is 0.123. The fourth-order valence-electron chi connectivity index (χ4n) is 2.33. The van der Waals surface area contributed by atoms with E-state index in [2.05, 4.69) is 32.0 Å². The Bertz CT molecular complexity index is 555. The smallest absolute Gasteiger partial charge is 0.0554 e. The Morgan fingerprint density at radius 2 is 1.61 bits per heavy atom. The molecule has 94 valence electrons. The van der Waals surface area contributed by atoms with Gasteiger partial charge in [0, 0.05) is 5.02 Å². The van der Waals surface area contributed by atoms with Crippen molar-refractivity contribution in [2.45, 2.75) is 26.8 Å². The molecule has 0 saturated heterocycles. The standard InChI is InChI=1S/C16H18ClN/c1-10-7-11(2)9-13(8-10)16(18)14-5-4-6-15(17)12(14)3/h4-9,16H,18H2,1-3H3. The topological polar surface area (TPSA) is 26.0 Å². The van der Waals surface area contributed by atoms with Crippen molar-refractivity contribution in [3.8, 4) is 0 Å². The molecule has 1 nitrogen and oxygen atoms in total. The van der Waals surface area contributed by atoms with E-state index in [0.29, 0.717) is 0 Å². The molecule has 0 aliphatic rings. The van der Waals surface area contributed by atoms with Gasteiger partial charge in [-0.15, -0.1) is 0 Å². The van der Waals surface area contributed by atoms with E-state index in [0.717, 1.165) is 21.7 Å². The molecule has 2 heteroatoms. The van der Waals surface area contributed by atoms with Crippen LogP contribution in [0, 0.1) is 20.8 Å². The summed E-state index contributed by atoms with van der Waals surface area (Å²) in [7, 11) is 0. The number of aryl methyl sites for hydroxylation is 2. The maximum absolute atomic E-state index is 6.37. The van der Waals surface area contributed by atoms with Gasteiger partial charge in [-0.1, -0.05) is 53.1 Å². The van der Waals surface area contributed by atoms with Crippen molar-refractivity contribution in [3.05, 3.63) is 69.2 Å². The lowest BCUT2D eigenvalue weighted by Crippen LogP contribution is -2.13. The molecule has 0 aliphatic carbocycles. The normalized spacial score (nSPS) is 12.5. The maximum Gasteiger partial charge on any atom is 0.0554 e. The van der Waals surface area contributed by atoms with Crippen molar-refractivity contribution in [2.75, 3.05) is 0 Å². The van der Waals surface area contributed by atoms with E-state index in [9.17, 15) is 0 Å². The van der Waals surface area contributed by atoms with Crippen LogP contribution < -0.4 is 5.73 Å². The monoisotopic (exact) mass is 259 g/mol. The summed E-state index contributed by atoms with van der Waals surface area (Å²) in [4.78, 5) is 0. The highest BCUT2D eigenvalue weighted by Crippen LogP contribution is 2.28. The van der Waals surface area contributed by atoms with E-state index in [1.807, 2.05) is 25.1 Å². The van der Waals surface area contributed by atoms with Crippen LogP contribution >= 0.6 is 11.6 Å². The van der Waals surface area contributed by atoms with Gasteiger partial charge in [-0.2, -0.15) is 0 Å². The Balaban J connectivity index is 2.47.